The van der Waals surface area contributed by atoms with Crippen molar-refractivity contribution in [3.8, 4) is 0 Å². The summed E-state index contributed by atoms with van der Waals surface area (Å²) >= 11 is 0. The van der Waals surface area contributed by atoms with Crippen molar-refractivity contribution < 1.29 is 67.6 Å². The van der Waals surface area contributed by atoms with Crippen LogP contribution in [0.5, 0.6) is 0 Å². The molecule has 18 atom stereocenters. The molecule has 16 heteroatoms. The van der Waals surface area contributed by atoms with Gasteiger partial charge >= 0.3 is 12.1 Å². The van der Waals surface area contributed by atoms with Crippen LogP contribution in [0.15, 0.2) is 30.3 Å². The summed E-state index contributed by atoms with van der Waals surface area (Å²) in [6, 6.07) is 8.53. The molecule has 4 rings (SSSR count). The minimum absolute atomic E-state index is 0.0670. The zero-order valence-corrected chi connectivity index (χ0v) is 37.7. The monoisotopic (exact) mass is 852 g/mol. The zero-order valence-electron chi connectivity index (χ0n) is 37.7. The van der Waals surface area contributed by atoms with Gasteiger partial charge in [-0.05, 0) is 80.1 Å². The first kappa shape index (κ1) is 49.9. The highest BCUT2D eigenvalue weighted by molar-refractivity contribution is 5.84. The van der Waals surface area contributed by atoms with E-state index in [1.807, 2.05) is 38.9 Å². The number of ether oxygens (including phenoxy) is 8. The van der Waals surface area contributed by atoms with Crippen LogP contribution < -0.4 is 5.32 Å². The van der Waals surface area contributed by atoms with E-state index in [1.54, 1.807) is 65.8 Å². The molecule has 4 N–H and O–H groups in total. The van der Waals surface area contributed by atoms with Crippen LogP contribution in [-0.4, -0.2) is 151 Å². The average Bonchev–Trinajstić information content (AvgIpc) is 3.21. The first-order chi connectivity index (χ1) is 28.1. The Morgan fingerprint density at radius 2 is 1.50 bits per heavy atom. The summed E-state index contributed by atoms with van der Waals surface area (Å²) in [5, 5.41) is 36.4. The van der Waals surface area contributed by atoms with E-state index in [4.69, 9.17) is 37.9 Å². The molecule has 3 heterocycles. The second-order valence-corrected chi connectivity index (χ2v) is 17.9. The van der Waals surface area contributed by atoms with Gasteiger partial charge in [-0.15, -0.1) is 0 Å². The maximum atomic E-state index is 14.3. The van der Waals surface area contributed by atoms with Crippen molar-refractivity contribution in [2.24, 2.45) is 23.7 Å². The van der Waals surface area contributed by atoms with Gasteiger partial charge in [0.1, 0.15) is 24.1 Å². The minimum Gasteiger partial charge on any atom is -0.459 e. The summed E-state index contributed by atoms with van der Waals surface area (Å²) in [7, 11) is 6.75. The zero-order chi connectivity index (χ0) is 44.9. The van der Waals surface area contributed by atoms with Crippen molar-refractivity contribution in [1.82, 2.24) is 4.90 Å². The Labute approximate surface area is 355 Å². The van der Waals surface area contributed by atoms with Gasteiger partial charge in [-0.1, -0.05) is 45.9 Å². The smallest absolute Gasteiger partial charge is 0.412 e. The molecule has 1 unspecified atom stereocenters. The molecule has 3 aliphatic heterocycles. The number of aliphatic hydroxyl groups excluding tert-OH is 3. The van der Waals surface area contributed by atoms with Crippen molar-refractivity contribution in [1.29, 1.82) is 0 Å². The molecule has 3 saturated heterocycles. The lowest BCUT2D eigenvalue weighted by molar-refractivity contribution is -0.318. The van der Waals surface area contributed by atoms with Crippen molar-refractivity contribution >= 4 is 23.5 Å². The predicted octanol–water partition coefficient (Wildman–Crippen LogP) is 4.31. The van der Waals surface area contributed by atoms with Gasteiger partial charge in [-0.3, -0.25) is 14.9 Å². The Balaban J connectivity index is 1.87. The topological polar surface area (TPSA) is 201 Å². The Hall–Kier alpha value is -2.77. The number of aliphatic hydroxyl groups is 3. The average molecular weight is 853 g/mol. The lowest BCUT2D eigenvalue weighted by Gasteiger charge is -2.50. The summed E-state index contributed by atoms with van der Waals surface area (Å²) in [5.41, 5.74) is -1.86. The fourth-order valence-corrected chi connectivity index (χ4v) is 9.11. The Morgan fingerprint density at radius 3 is 2.08 bits per heavy atom. The molecule has 1 aromatic rings. The third-order valence-electron chi connectivity index (χ3n) is 13.1. The van der Waals surface area contributed by atoms with E-state index in [2.05, 4.69) is 5.32 Å². The molecule has 3 aliphatic rings. The molecule has 1 aromatic carbocycles. The molecule has 60 heavy (non-hydrogen) atoms. The fraction of sp³-hybridized carbons (Fsp3) is 0.795. The Bertz CT molecular complexity index is 1550. The van der Waals surface area contributed by atoms with Gasteiger partial charge < -0.3 is 58.1 Å². The number of Topliss-reactive ketones (excluding diaryl/α,β-unsaturated/α-hetero) is 1. The van der Waals surface area contributed by atoms with Crippen molar-refractivity contribution in [3.63, 3.8) is 0 Å². The van der Waals surface area contributed by atoms with E-state index in [1.165, 1.54) is 21.1 Å². The lowest BCUT2D eigenvalue weighted by atomic mass is 9.75. The van der Waals surface area contributed by atoms with Gasteiger partial charge in [-0.2, -0.15) is 0 Å². The molecule has 0 saturated carbocycles. The number of carbonyl (C=O) groups excluding carboxylic acids is 3. The number of rotatable bonds is 10. The number of hydrogen-bond acceptors (Lipinski definition) is 15. The standard InChI is InChI=1S/C44H72N2O14/c1-14-31-35(49)34(48)25(4)33(47)23(2)21-44(9,54-13)39(26(5)36(27(6)40(51)57-31)58-32-22-43(8,53-12)38(50)28(7)56-32)60-41-37(30(46(10)11)20-24(3)55-41)59-42(52)45-29-18-16-15-17-19-29/h15-19,23-28,30-32,34-39,41,48-50H,14,20-22H2,1-13H3,(H,45,52)/t23-,24-,25+,26+,27-,28+,30+,31-,32+,34-,35-,36?,37-,38+,39-,41+,43-,44-/m1/s1. The predicted molar refractivity (Wildman–Crippen MR) is 221 cm³/mol. The molecule has 16 nitrogen and oxygen atoms in total. The van der Waals surface area contributed by atoms with Crippen LogP contribution in [0.4, 0.5) is 10.5 Å². The molecule has 0 aromatic heterocycles. The largest absolute Gasteiger partial charge is 0.459 e. The summed E-state index contributed by atoms with van der Waals surface area (Å²) in [6.07, 6.45) is -11.4. The van der Waals surface area contributed by atoms with E-state index in [-0.39, 0.29) is 37.2 Å². The number of anilines is 1. The number of likely N-dealkylation sites (N-methyl/N-ethyl adjacent to an activating group) is 1. The molecular weight excluding hydrogens is 780 g/mol. The van der Waals surface area contributed by atoms with Gasteiger partial charge in [0.2, 0.25) is 0 Å². The SMILES string of the molecule is CC[C@H]1OC(=O)[C@H](C)C(O[C@H]2C[C@@](C)(OC)[C@@H](O)[C@H](C)O2)[C@H](C)[C@@H](O[C@@H]2O[C@H](C)C[C@H](N(C)C)[C@H]2OC(=O)Nc2ccccc2)[C@](C)(OC)C[C@@H](C)C(=O)[C@H](C)[C@@H](O)[C@@H]1O. The maximum Gasteiger partial charge on any atom is 0.412 e. The number of cyclic esters (lactones) is 1. The number of para-hydroxylation sites is 1. The molecule has 0 radical (unpaired) electrons. The Morgan fingerprint density at radius 1 is 0.867 bits per heavy atom. The molecular formula is C44H72N2O14. The third-order valence-corrected chi connectivity index (χ3v) is 13.1. The third kappa shape index (κ3) is 11.4. The van der Waals surface area contributed by atoms with Crippen LogP contribution in [0.25, 0.3) is 0 Å². The normalized spacial score (nSPS) is 42.5. The van der Waals surface area contributed by atoms with E-state index >= 15 is 0 Å². The molecule has 1 amide bonds. The van der Waals surface area contributed by atoms with E-state index in [0.29, 0.717) is 12.1 Å². The molecule has 0 aliphatic carbocycles. The summed E-state index contributed by atoms with van der Waals surface area (Å²) in [4.78, 5) is 43.8. The minimum atomic E-state index is -1.56. The van der Waals surface area contributed by atoms with Crippen molar-refractivity contribution in [2.45, 2.75) is 173 Å². The number of ketones is 1. The number of benzene rings is 1. The van der Waals surface area contributed by atoms with Gasteiger partial charge in [0, 0.05) is 44.1 Å². The van der Waals surface area contributed by atoms with Gasteiger partial charge in [-0.25, -0.2) is 4.79 Å². The first-order valence-electron chi connectivity index (χ1n) is 21.3. The number of hydrogen-bond donors (Lipinski definition) is 4. The van der Waals surface area contributed by atoms with Crippen LogP contribution in [0.3, 0.4) is 0 Å². The highest BCUT2D eigenvalue weighted by atomic mass is 16.7. The van der Waals surface area contributed by atoms with Gasteiger partial charge in [0.05, 0.1) is 53.7 Å². The second-order valence-electron chi connectivity index (χ2n) is 17.9. The van der Waals surface area contributed by atoms with Crippen molar-refractivity contribution in [3.05, 3.63) is 30.3 Å². The van der Waals surface area contributed by atoms with E-state index < -0.39 is 108 Å². The van der Waals surface area contributed by atoms with Crippen LogP contribution in [0.1, 0.15) is 88.0 Å². The van der Waals surface area contributed by atoms with Gasteiger partial charge in [0.15, 0.2) is 18.7 Å². The molecule has 3 fully saturated rings. The fourth-order valence-electron chi connectivity index (χ4n) is 9.11. The van der Waals surface area contributed by atoms with Crippen molar-refractivity contribution in [2.75, 3.05) is 33.6 Å². The Kier molecular flexibility index (Phi) is 17.5. The summed E-state index contributed by atoms with van der Waals surface area (Å²) < 4.78 is 50.8. The number of nitrogens with zero attached hydrogens (tertiary/aromatic N) is 1. The van der Waals surface area contributed by atoms with Crippen LogP contribution in [0.2, 0.25) is 0 Å². The van der Waals surface area contributed by atoms with Crippen LogP contribution in [0, 0.1) is 23.7 Å². The van der Waals surface area contributed by atoms with E-state index in [9.17, 15) is 29.7 Å². The van der Waals surface area contributed by atoms with Crippen LogP contribution >= 0.6 is 0 Å². The highest BCUT2D eigenvalue weighted by Gasteiger charge is 2.53. The number of esters is 1. The number of methoxy groups -OCH3 is 2. The lowest BCUT2D eigenvalue weighted by Crippen LogP contribution is -2.61. The first-order valence-corrected chi connectivity index (χ1v) is 21.3. The summed E-state index contributed by atoms with van der Waals surface area (Å²) in [6.45, 7) is 15.6. The molecule has 0 bridgehead atoms. The van der Waals surface area contributed by atoms with Gasteiger partial charge in [0.25, 0.3) is 0 Å². The maximum absolute atomic E-state index is 14.3. The summed E-state index contributed by atoms with van der Waals surface area (Å²) in [5.74, 6) is -4.67. The number of nitrogens with one attached hydrogen (secondary N) is 1. The van der Waals surface area contributed by atoms with Crippen LogP contribution in [-0.2, 0) is 47.5 Å². The molecule has 342 valence electrons. The number of carbonyl (C=O) groups is 3. The molecule has 0 spiro atoms. The second kappa shape index (κ2) is 21.1. The number of amides is 1. The van der Waals surface area contributed by atoms with E-state index in [0.717, 1.165) is 0 Å². The quantitative estimate of drug-likeness (QED) is 0.243. The highest BCUT2D eigenvalue weighted by Crippen LogP contribution is 2.41.